The Kier molecular flexibility index (Phi) is 10.2. The Balaban J connectivity index is 0.00000420. The Labute approximate surface area is 251 Å². The Morgan fingerprint density at radius 2 is 1.38 bits per heavy atom. The van der Waals surface area contributed by atoms with Gasteiger partial charge in [-0.15, -0.1) is 5.11 Å². The molecule has 4 aromatic carbocycles. The fraction of sp³-hybridized carbons (Fsp3) is 0.143. The van der Waals surface area contributed by atoms with Crippen molar-refractivity contribution in [3.05, 3.63) is 108 Å². The van der Waals surface area contributed by atoms with E-state index >= 15 is 0 Å². The summed E-state index contributed by atoms with van der Waals surface area (Å²) in [5.41, 5.74) is 3.21. The third-order valence-corrected chi connectivity index (χ3v) is 8.57. The third kappa shape index (κ3) is 7.63. The van der Waals surface area contributed by atoms with Crippen LogP contribution in [0.5, 0.6) is 0 Å². The Hall–Kier alpha value is -2.86. The standard InChI is InChI=1S/C28H27N3O5S2.Na/c1-3-31(20-22-7-5-4-6-8-22)24-13-11-23(12-14-24)29-30-27-19-26(38(34,35)36)17-18-28(27)37(32,33)25-15-9-21(2)10-16-25;/h4-19H,3,20H2,1-2H3,(H,34,35,36);/q;+1/p-1. The van der Waals surface area contributed by atoms with E-state index in [1.807, 2.05) is 37.3 Å². The molecule has 0 bridgehead atoms. The molecule has 11 heteroatoms. The molecule has 0 saturated carbocycles. The topological polar surface area (TPSA) is 119 Å². The van der Waals surface area contributed by atoms with Gasteiger partial charge in [-0.25, -0.2) is 16.8 Å². The number of aryl methyl sites for hydroxylation is 1. The minimum atomic E-state index is -4.84. The van der Waals surface area contributed by atoms with Gasteiger partial charge in [-0.05, 0) is 74.0 Å². The molecule has 196 valence electrons. The molecule has 0 N–H and O–H groups in total. The van der Waals surface area contributed by atoms with Crippen LogP contribution in [0.15, 0.2) is 122 Å². The van der Waals surface area contributed by atoms with Crippen molar-refractivity contribution >= 4 is 37.0 Å². The molecule has 0 aromatic heterocycles. The van der Waals surface area contributed by atoms with E-state index in [4.69, 9.17) is 0 Å². The average molecular weight is 572 g/mol. The fourth-order valence-corrected chi connectivity index (χ4v) is 5.69. The molecule has 0 spiro atoms. The molecule has 4 aromatic rings. The number of rotatable bonds is 9. The normalized spacial score (nSPS) is 11.8. The minimum Gasteiger partial charge on any atom is -0.744 e. The van der Waals surface area contributed by atoms with Gasteiger partial charge in [0, 0.05) is 18.8 Å². The average Bonchev–Trinajstić information content (AvgIpc) is 2.91. The number of azo groups is 1. The van der Waals surface area contributed by atoms with E-state index in [0.29, 0.717) is 5.69 Å². The largest absolute Gasteiger partial charge is 1.00 e. The second kappa shape index (κ2) is 13.0. The third-order valence-electron chi connectivity index (χ3n) is 5.93. The second-order valence-electron chi connectivity index (χ2n) is 8.62. The van der Waals surface area contributed by atoms with Crippen LogP contribution in [0.2, 0.25) is 0 Å². The summed E-state index contributed by atoms with van der Waals surface area (Å²) in [7, 11) is -8.90. The first-order chi connectivity index (χ1) is 18.1. The van der Waals surface area contributed by atoms with Crippen LogP contribution in [-0.2, 0) is 26.5 Å². The van der Waals surface area contributed by atoms with E-state index in [0.717, 1.165) is 42.5 Å². The summed E-state index contributed by atoms with van der Waals surface area (Å²) in [6.45, 7) is 5.40. The van der Waals surface area contributed by atoms with Gasteiger partial charge < -0.3 is 9.45 Å². The molecule has 0 radical (unpaired) electrons. The van der Waals surface area contributed by atoms with Crippen LogP contribution >= 0.6 is 0 Å². The summed E-state index contributed by atoms with van der Waals surface area (Å²) < 4.78 is 61.4. The molecule has 0 aliphatic rings. The van der Waals surface area contributed by atoms with Crippen LogP contribution < -0.4 is 34.5 Å². The number of hydrogen-bond acceptors (Lipinski definition) is 8. The summed E-state index contributed by atoms with van der Waals surface area (Å²) in [6.07, 6.45) is 0. The molecule has 4 rings (SSSR count). The number of benzene rings is 4. The molecule has 0 unspecified atom stereocenters. The van der Waals surface area contributed by atoms with E-state index in [1.165, 1.54) is 17.7 Å². The van der Waals surface area contributed by atoms with E-state index < -0.39 is 24.9 Å². The van der Waals surface area contributed by atoms with Crippen molar-refractivity contribution in [1.29, 1.82) is 0 Å². The van der Waals surface area contributed by atoms with E-state index in [1.54, 1.807) is 24.3 Å². The molecule has 0 amide bonds. The summed E-state index contributed by atoms with van der Waals surface area (Å²) in [4.78, 5) is 1.35. The van der Waals surface area contributed by atoms with Gasteiger partial charge in [0.05, 0.1) is 20.4 Å². The predicted octanol–water partition coefficient (Wildman–Crippen LogP) is 3.18. The SMILES string of the molecule is CCN(Cc1ccccc1)c1ccc(N=Nc2cc(S(=O)(=O)[O-])ccc2S(=O)(=O)c2ccc(C)cc2)cc1.[Na+]. The van der Waals surface area contributed by atoms with Gasteiger partial charge >= 0.3 is 29.6 Å². The molecule has 0 aliphatic heterocycles. The zero-order chi connectivity index (χ0) is 27.3. The van der Waals surface area contributed by atoms with Crippen LogP contribution in [0.1, 0.15) is 18.1 Å². The van der Waals surface area contributed by atoms with Crippen LogP contribution in [0.4, 0.5) is 17.1 Å². The van der Waals surface area contributed by atoms with Gasteiger partial charge in [0.25, 0.3) is 0 Å². The van der Waals surface area contributed by atoms with Crippen molar-refractivity contribution in [2.24, 2.45) is 10.2 Å². The van der Waals surface area contributed by atoms with Crippen molar-refractivity contribution in [3.8, 4) is 0 Å². The van der Waals surface area contributed by atoms with Gasteiger partial charge in [-0.3, -0.25) is 0 Å². The van der Waals surface area contributed by atoms with Gasteiger partial charge in [-0.1, -0.05) is 48.0 Å². The monoisotopic (exact) mass is 571 g/mol. The van der Waals surface area contributed by atoms with Gasteiger partial charge in [0.1, 0.15) is 15.8 Å². The number of sulfone groups is 1. The number of anilines is 1. The zero-order valence-electron chi connectivity index (χ0n) is 21.9. The first-order valence-electron chi connectivity index (χ1n) is 11.8. The number of nitrogens with zero attached hydrogens (tertiary/aromatic N) is 3. The Morgan fingerprint density at radius 1 is 0.769 bits per heavy atom. The van der Waals surface area contributed by atoms with Crippen molar-refractivity contribution in [1.82, 2.24) is 0 Å². The van der Waals surface area contributed by atoms with Crippen LogP contribution in [0.25, 0.3) is 0 Å². The van der Waals surface area contributed by atoms with E-state index in [-0.39, 0.29) is 45.0 Å². The minimum absolute atomic E-state index is 0. The van der Waals surface area contributed by atoms with Crippen LogP contribution in [0.3, 0.4) is 0 Å². The fourth-order valence-electron chi connectivity index (χ4n) is 3.83. The molecule has 0 saturated heterocycles. The molecule has 0 atom stereocenters. The summed E-state index contributed by atoms with van der Waals surface area (Å²) in [6, 6.07) is 26.5. The zero-order valence-corrected chi connectivity index (χ0v) is 25.5. The maximum Gasteiger partial charge on any atom is 1.00 e. The molecule has 0 aliphatic carbocycles. The van der Waals surface area contributed by atoms with Gasteiger partial charge in [0.15, 0.2) is 0 Å². The van der Waals surface area contributed by atoms with E-state index in [9.17, 15) is 21.4 Å². The molecular formula is C28H26N3NaO5S2. The number of hydrogen-bond donors (Lipinski definition) is 0. The molecule has 0 heterocycles. The van der Waals surface area contributed by atoms with Gasteiger partial charge in [0.2, 0.25) is 9.84 Å². The quantitative estimate of drug-likeness (QED) is 0.173. The second-order valence-corrected chi connectivity index (χ2v) is 11.9. The van der Waals surface area contributed by atoms with Crippen molar-refractivity contribution in [3.63, 3.8) is 0 Å². The predicted molar refractivity (Wildman–Crippen MR) is 145 cm³/mol. The summed E-state index contributed by atoms with van der Waals surface area (Å²) >= 11 is 0. The molecular weight excluding hydrogens is 545 g/mol. The first-order valence-corrected chi connectivity index (χ1v) is 14.7. The Morgan fingerprint density at radius 3 is 1.97 bits per heavy atom. The van der Waals surface area contributed by atoms with Crippen molar-refractivity contribution < 1.29 is 50.9 Å². The Bertz CT molecular complexity index is 1660. The van der Waals surface area contributed by atoms with Crippen LogP contribution in [0, 0.1) is 6.92 Å². The maximum atomic E-state index is 13.3. The van der Waals surface area contributed by atoms with Crippen molar-refractivity contribution in [2.45, 2.75) is 35.1 Å². The van der Waals surface area contributed by atoms with Crippen LogP contribution in [-0.4, -0.2) is 27.9 Å². The van der Waals surface area contributed by atoms with Crippen molar-refractivity contribution in [2.75, 3.05) is 11.4 Å². The first kappa shape index (κ1) is 30.7. The molecule has 0 fully saturated rings. The smallest absolute Gasteiger partial charge is 0.744 e. The summed E-state index contributed by atoms with van der Waals surface area (Å²) in [5.74, 6) is 0. The maximum absolute atomic E-state index is 13.3. The molecule has 39 heavy (non-hydrogen) atoms. The van der Waals surface area contributed by atoms with Gasteiger partial charge in [-0.2, -0.15) is 5.11 Å². The summed E-state index contributed by atoms with van der Waals surface area (Å²) in [5, 5.41) is 8.19. The van der Waals surface area contributed by atoms with E-state index in [2.05, 4.69) is 34.2 Å². The molecule has 8 nitrogen and oxygen atoms in total.